The van der Waals surface area contributed by atoms with Crippen molar-refractivity contribution < 1.29 is 14.3 Å². The number of rotatable bonds is 2. The van der Waals surface area contributed by atoms with Crippen molar-refractivity contribution in [2.75, 3.05) is 11.1 Å². The molecule has 0 fully saturated rings. The van der Waals surface area contributed by atoms with Crippen LogP contribution in [0.3, 0.4) is 0 Å². The fraction of sp³-hybridized carbons (Fsp3) is 0. The molecule has 0 bridgehead atoms. The number of hydrogen-bond acceptors (Lipinski definition) is 5. The molecule has 4 N–H and O–H groups in total. The minimum Gasteiger partial charge on any atom is -0.506 e. The normalized spacial score (nSPS) is 10.5. The van der Waals surface area contributed by atoms with Gasteiger partial charge in [-0.3, -0.25) is 4.79 Å². The first kappa shape index (κ1) is 13.7. The topological polar surface area (TPSA) is 106 Å². The number of carbonyl (C=O) groups is 1. The predicted octanol–water partition coefficient (Wildman–Crippen LogP) is 2.33. The summed E-state index contributed by atoms with van der Waals surface area (Å²) in [4.78, 5) is 24.2. The van der Waals surface area contributed by atoms with Gasteiger partial charge in [0.25, 0.3) is 5.91 Å². The number of fused-ring (bicyclic) bond motifs is 1. The zero-order chi connectivity index (χ0) is 15.7. The summed E-state index contributed by atoms with van der Waals surface area (Å²) in [6, 6.07) is 13.0. The molecule has 0 aliphatic rings. The third-order valence-corrected chi connectivity index (χ3v) is 3.22. The molecule has 0 saturated heterocycles. The summed E-state index contributed by atoms with van der Waals surface area (Å²) < 4.78 is 5.06. The van der Waals surface area contributed by atoms with Gasteiger partial charge in [0.05, 0.1) is 16.8 Å². The Hall–Kier alpha value is -3.28. The van der Waals surface area contributed by atoms with Crippen LogP contribution in [0, 0.1) is 0 Å². The van der Waals surface area contributed by atoms with E-state index in [4.69, 9.17) is 10.2 Å². The van der Waals surface area contributed by atoms with E-state index in [0.717, 1.165) is 0 Å². The Morgan fingerprint density at radius 2 is 1.77 bits per heavy atom. The van der Waals surface area contributed by atoms with E-state index >= 15 is 0 Å². The van der Waals surface area contributed by atoms with Gasteiger partial charge in [0.2, 0.25) is 0 Å². The third kappa shape index (κ3) is 2.26. The highest BCUT2D eigenvalue weighted by atomic mass is 16.4. The standard InChI is InChI=1S/C16H12N2O4/c17-10-6-2-3-7-11(10)18-15(20)13-14(19)9-5-1-4-8-12(9)22-16(13)21/h1-8,19H,17H2,(H,18,20). The van der Waals surface area contributed by atoms with Crippen molar-refractivity contribution in [3.63, 3.8) is 0 Å². The van der Waals surface area contributed by atoms with Crippen LogP contribution in [-0.4, -0.2) is 11.0 Å². The maximum absolute atomic E-state index is 12.3. The zero-order valence-corrected chi connectivity index (χ0v) is 11.4. The summed E-state index contributed by atoms with van der Waals surface area (Å²) in [7, 11) is 0. The predicted molar refractivity (Wildman–Crippen MR) is 83.0 cm³/mol. The van der Waals surface area contributed by atoms with Gasteiger partial charge in [-0.1, -0.05) is 24.3 Å². The van der Waals surface area contributed by atoms with Crippen molar-refractivity contribution in [3.8, 4) is 5.75 Å². The largest absolute Gasteiger partial charge is 0.506 e. The fourth-order valence-electron chi connectivity index (χ4n) is 2.13. The van der Waals surface area contributed by atoms with Gasteiger partial charge in [-0.2, -0.15) is 0 Å². The van der Waals surface area contributed by atoms with Crippen LogP contribution in [0.4, 0.5) is 11.4 Å². The average molecular weight is 296 g/mol. The van der Waals surface area contributed by atoms with Crippen LogP contribution >= 0.6 is 0 Å². The molecule has 0 saturated carbocycles. The lowest BCUT2D eigenvalue weighted by molar-refractivity contribution is 0.102. The first-order valence-electron chi connectivity index (χ1n) is 6.48. The van der Waals surface area contributed by atoms with Crippen LogP contribution in [0.1, 0.15) is 10.4 Å². The van der Waals surface area contributed by atoms with Crippen LogP contribution in [0.5, 0.6) is 5.75 Å². The van der Waals surface area contributed by atoms with Gasteiger partial charge in [0.1, 0.15) is 11.3 Å². The van der Waals surface area contributed by atoms with Gasteiger partial charge in [-0.15, -0.1) is 0 Å². The quantitative estimate of drug-likeness (QED) is 0.497. The van der Waals surface area contributed by atoms with E-state index in [-0.39, 0.29) is 11.0 Å². The first-order valence-corrected chi connectivity index (χ1v) is 6.48. The number of nitrogens with two attached hydrogens (primary N) is 1. The van der Waals surface area contributed by atoms with Crippen molar-refractivity contribution in [3.05, 3.63) is 64.5 Å². The van der Waals surface area contributed by atoms with Crippen molar-refractivity contribution in [2.24, 2.45) is 0 Å². The van der Waals surface area contributed by atoms with Crippen molar-refractivity contribution >= 4 is 28.3 Å². The third-order valence-electron chi connectivity index (χ3n) is 3.22. The molecule has 0 unspecified atom stereocenters. The van der Waals surface area contributed by atoms with Crippen LogP contribution in [0.25, 0.3) is 11.0 Å². The maximum atomic E-state index is 12.3. The minimum atomic E-state index is -0.914. The van der Waals surface area contributed by atoms with E-state index < -0.39 is 22.8 Å². The number of aromatic hydroxyl groups is 1. The smallest absolute Gasteiger partial charge is 0.353 e. The molecule has 3 rings (SSSR count). The lowest BCUT2D eigenvalue weighted by atomic mass is 10.1. The maximum Gasteiger partial charge on any atom is 0.353 e. The average Bonchev–Trinajstić information content (AvgIpc) is 2.49. The van der Waals surface area contributed by atoms with Gasteiger partial charge >= 0.3 is 5.63 Å². The number of carbonyl (C=O) groups excluding carboxylic acids is 1. The van der Waals surface area contributed by atoms with E-state index in [2.05, 4.69) is 5.32 Å². The first-order chi connectivity index (χ1) is 10.6. The Kier molecular flexibility index (Phi) is 3.27. The lowest BCUT2D eigenvalue weighted by Gasteiger charge is -2.09. The van der Waals surface area contributed by atoms with E-state index in [1.54, 1.807) is 42.5 Å². The SMILES string of the molecule is Nc1ccccc1NC(=O)c1c(O)c2ccccc2oc1=O. The molecule has 22 heavy (non-hydrogen) atoms. The highest BCUT2D eigenvalue weighted by Gasteiger charge is 2.21. The highest BCUT2D eigenvalue weighted by molar-refractivity contribution is 6.09. The molecule has 3 aromatic rings. The van der Waals surface area contributed by atoms with Gasteiger partial charge in [0, 0.05) is 0 Å². The minimum absolute atomic E-state index is 0.209. The Morgan fingerprint density at radius 3 is 2.55 bits per heavy atom. The van der Waals surface area contributed by atoms with Gasteiger partial charge in [-0.25, -0.2) is 4.79 Å². The van der Waals surface area contributed by atoms with Crippen molar-refractivity contribution in [1.82, 2.24) is 0 Å². The Labute approximate surface area is 124 Å². The van der Waals surface area contributed by atoms with Crippen LogP contribution in [0.15, 0.2) is 57.7 Å². The van der Waals surface area contributed by atoms with Gasteiger partial charge in [-0.05, 0) is 24.3 Å². The molecule has 0 aliphatic heterocycles. The van der Waals surface area contributed by atoms with Crippen molar-refractivity contribution in [1.29, 1.82) is 0 Å². The second kappa shape index (κ2) is 5.25. The molecule has 1 aromatic heterocycles. The van der Waals surface area contributed by atoms with E-state index in [0.29, 0.717) is 11.4 Å². The number of hydrogen-bond donors (Lipinski definition) is 3. The highest BCUT2D eigenvalue weighted by Crippen LogP contribution is 2.27. The molecule has 6 heteroatoms. The summed E-state index contributed by atoms with van der Waals surface area (Å²) in [5, 5.41) is 13.0. The second-order valence-electron chi connectivity index (χ2n) is 4.65. The summed E-state index contributed by atoms with van der Waals surface area (Å²) in [5.74, 6) is -1.20. The zero-order valence-electron chi connectivity index (χ0n) is 11.4. The van der Waals surface area contributed by atoms with Gasteiger partial charge in [0.15, 0.2) is 5.56 Å². The molecule has 0 spiro atoms. The molecule has 2 aromatic carbocycles. The number of amides is 1. The number of benzene rings is 2. The summed E-state index contributed by atoms with van der Waals surface area (Å²) >= 11 is 0. The number of nitrogens with one attached hydrogen (secondary N) is 1. The van der Waals surface area contributed by atoms with Crippen LogP contribution in [-0.2, 0) is 0 Å². The molecule has 1 amide bonds. The monoisotopic (exact) mass is 296 g/mol. The van der Waals surface area contributed by atoms with Crippen LogP contribution in [0.2, 0.25) is 0 Å². The molecular formula is C16H12N2O4. The molecule has 0 aliphatic carbocycles. The number of nitrogen functional groups attached to an aromatic ring is 1. The molecule has 110 valence electrons. The lowest BCUT2D eigenvalue weighted by Crippen LogP contribution is -2.21. The van der Waals surface area contributed by atoms with Crippen molar-refractivity contribution in [2.45, 2.75) is 0 Å². The van der Waals surface area contributed by atoms with E-state index in [1.807, 2.05) is 0 Å². The number of para-hydroxylation sites is 3. The second-order valence-corrected chi connectivity index (χ2v) is 4.65. The van der Waals surface area contributed by atoms with Gasteiger partial charge < -0.3 is 20.6 Å². The summed E-state index contributed by atoms with van der Waals surface area (Å²) in [6.07, 6.45) is 0. The molecule has 6 nitrogen and oxygen atoms in total. The van der Waals surface area contributed by atoms with Crippen LogP contribution < -0.4 is 16.7 Å². The van der Waals surface area contributed by atoms with E-state index in [1.165, 1.54) is 6.07 Å². The Balaban J connectivity index is 2.08. The fourth-order valence-corrected chi connectivity index (χ4v) is 2.13. The molecule has 1 heterocycles. The molecule has 0 atom stereocenters. The van der Waals surface area contributed by atoms with E-state index in [9.17, 15) is 14.7 Å². The Bertz CT molecular complexity index is 931. The molecule has 0 radical (unpaired) electrons. The Morgan fingerprint density at radius 1 is 1.09 bits per heavy atom. The molecular weight excluding hydrogens is 284 g/mol. The number of anilines is 2. The summed E-state index contributed by atoms with van der Waals surface area (Å²) in [6.45, 7) is 0. The summed E-state index contributed by atoms with van der Waals surface area (Å²) in [5.41, 5.74) is 5.27.